The van der Waals surface area contributed by atoms with Crippen LogP contribution in [-0.4, -0.2) is 59.7 Å². The number of methoxy groups -OCH3 is 1. The van der Waals surface area contributed by atoms with Gasteiger partial charge in [0.25, 0.3) is 0 Å². The first-order valence-electron chi connectivity index (χ1n) is 7.01. The minimum absolute atomic E-state index is 0.00745. The van der Waals surface area contributed by atoms with Crippen LogP contribution in [0.2, 0.25) is 0 Å². The maximum absolute atomic E-state index is 12.7. The number of hydrogen-bond donors (Lipinski definition) is 1. The Kier molecular flexibility index (Phi) is 4.64. The van der Waals surface area contributed by atoms with Crippen LogP contribution in [0.4, 0.5) is 0 Å². The average molecular weight is 301 g/mol. The third kappa shape index (κ3) is 2.81. The van der Waals surface area contributed by atoms with Crippen molar-refractivity contribution < 1.29 is 19.4 Å². The summed E-state index contributed by atoms with van der Waals surface area (Å²) in [6, 6.07) is 0.230. The minimum Gasteiger partial charge on any atom is -0.481 e. The lowest BCUT2D eigenvalue weighted by molar-refractivity contribution is -0.142. The summed E-state index contributed by atoms with van der Waals surface area (Å²) >= 11 is 1.85. The maximum Gasteiger partial charge on any atom is 0.307 e. The van der Waals surface area contributed by atoms with Crippen molar-refractivity contribution in [2.45, 2.75) is 26.3 Å². The molecule has 1 saturated carbocycles. The number of thioether (sulfide) groups is 1. The molecule has 0 bridgehead atoms. The van der Waals surface area contributed by atoms with E-state index in [2.05, 4.69) is 0 Å². The molecule has 0 radical (unpaired) electrons. The Hall–Kier alpha value is -0.750. The first kappa shape index (κ1) is 15.6. The van der Waals surface area contributed by atoms with Crippen molar-refractivity contribution in [2.24, 2.45) is 17.3 Å². The van der Waals surface area contributed by atoms with Gasteiger partial charge >= 0.3 is 5.97 Å². The van der Waals surface area contributed by atoms with E-state index in [-0.39, 0.29) is 17.9 Å². The van der Waals surface area contributed by atoms with Crippen LogP contribution in [0.25, 0.3) is 0 Å². The van der Waals surface area contributed by atoms with Gasteiger partial charge in [-0.1, -0.05) is 13.8 Å². The molecule has 20 heavy (non-hydrogen) atoms. The highest BCUT2D eigenvalue weighted by atomic mass is 32.2. The Labute approximate surface area is 124 Å². The molecule has 0 aromatic rings. The largest absolute Gasteiger partial charge is 0.481 e. The van der Waals surface area contributed by atoms with Crippen molar-refractivity contribution in [3.05, 3.63) is 0 Å². The van der Waals surface area contributed by atoms with Crippen LogP contribution in [0.3, 0.4) is 0 Å². The molecular formula is C14H23NO4S. The number of carboxylic acid groups (broad SMARTS) is 1. The molecule has 3 atom stereocenters. The number of ether oxygens (including phenoxy) is 1. The Morgan fingerprint density at radius 2 is 2.10 bits per heavy atom. The number of carbonyl (C=O) groups excluding carboxylic acids is 1. The van der Waals surface area contributed by atoms with Gasteiger partial charge in [-0.15, -0.1) is 0 Å². The molecule has 1 aliphatic heterocycles. The second-order valence-electron chi connectivity index (χ2n) is 6.16. The van der Waals surface area contributed by atoms with Gasteiger partial charge in [-0.05, 0) is 17.6 Å². The molecule has 2 aliphatic rings. The molecule has 5 nitrogen and oxygen atoms in total. The number of carbonyl (C=O) groups is 2. The Bertz CT molecular complexity index is 393. The first-order valence-corrected chi connectivity index (χ1v) is 8.16. The number of rotatable bonds is 6. The van der Waals surface area contributed by atoms with Gasteiger partial charge < -0.3 is 14.7 Å². The van der Waals surface area contributed by atoms with Crippen molar-refractivity contribution in [2.75, 3.05) is 31.8 Å². The summed E-state index contributed by atoms with van der Waals surface area (Å²) in [6.07, 6.45) is 0.991. The summed E-state index contributed by atoms with van der Waals surface area (Å²) in [5, 5.41) is 9.23. The van der Waals surface area contributed by atoms with E-state index in [0.717, 1.165) is 17.9 Å². The summed E-state index contributed by atoms with van der Waals surface area (Å²) in [4.78, 5) is 25.8. The van der Waals surface area contributed by atoms with E-state index >= 15 is 0 Å². The van der Waals surface area contributed by atoms with E-state index in [1.54, 1.807) is 7.11 Å². The molecule has 0 aromatic heterocycles. The van der Waals surface area contributed by atoms with Crippen molar-refractivity contribution in [3.8, 4) is 0 Å². The number of amides is 1. The third-order valence-corrected chi connectivity index (χ3v) is 5.67. The van der Waals surface area contributed by atoms with Gasteiger partial charge in [-0.3, -0.25) is 9.59 Å². The summed E-state index contributed by atoms with van der Waals surface area (Å²) in [6.45, 7) is 4.79. The molecule has 3 unspecified atom stereocenters. The van der Waals surface area contributed by atoms with Crippen molar-refractivity contribution in [1.29, 1.82) is 0 Å². The molecule has 1 aliphatic carbocycles. The highest BCUT2D eigenvalue weighted by molar-refractivity contribution is 7.99. The lowest BCUT2D eigenvalue weighted by Gasteiger charge is -2.29. The van der Waals surface area contributed by atoms with E-state index in [4.69, 9.17) is 4.74 Å². The fourth-order valence-corrected chi connectivity index (χ4v) is 4.39. The molecule has 114 valence electrons. The van der Waals surface area contributed by atoms with Crippen LogP contribution >= 0.6 is 11.8 Å². The topological polar surface area (TPSA) is 66.8 Å². The zero-order valence-corrected chi connectivity index (χ0v) is 13.1. The lowest BCUT2D eigenvalue weighted by atomic mass is 10.1. The van der Waals surface area contributed by atoms with Crippen LogP contribution in [0.1, 0.15) is 20.3 Å². The molecular weight excluding hydrogens is 278 g/mol. The molecule has 1 amide bonds. The number of aliphatic carboxylic acids is 1. The van der Waals surface area contributed by atoms with Gasteiger partial charge in [-0.25, -0.2) is 0 Å². The summed E-state index contributed by atoms with van der Waals surface area (Å²) < 4.78 is 5.09. The second kappa shape index (κ2) is 5.93. The van der Waals surface area contributed by atoms with Crippen LogP contribution in [0.5, 0.6) is 0 Å². The predicted octanol–water partition coefficient (Wildman–Crippen LogP) is 1.32. The average Bonchev–Trinajstić information content (AvgIpc) is 2.77. The molecule has 1 saturated heterocycles. The first-order chi connectivity index (χ1) is 9.41. The minimum atomic E-state index is -0.860. The Morgan fingerprint density at radius 3 is 2.55 bits per heavy atom. The van der Waals surface area contributed by atoms with E-state index in [0.29, 0.717) is 13.2 Å². The Morgan fingerprint density at radius 1 is 1.40 bits per heavy atom. The molecule has 0 aromatic carbocycles. The number of nitrogens with zero attached hydrogens (tertiary/aromatic N) is 1. The van der Waals surface area contributed by atoms with Crippen LogP contribution in [-0.2, 0) is 14.3 Å². The zero-order chi connectivity index (χ0) is 14.9. The van der Waals surface area contributed by atoms with E-state index in [9.17, 15) is 14.7 Å². The standard InChI is InChI=1S/C14H23NO4S/c1-14(2)10(11(14)13(17)18)12(16)15(5-6-19-3)9-4-7-20-8-9/h9-11H,4-8H2,1-3H3,(H,17,18). The van der Waals surface area contributed by atoms with E-state index in [1.807, 2.05) is 30.5 Å². The normalized spacial score (nSPS) is 31.1. The summed E-state index contributed by atoms with van der Waals surface area (Å²) in [5.41, 5.74) is -0.431. The molecule has 2 fully saturated rings. The van der Waals surface area contributed by atoms with Gasteiger partial charge in [0.2, 0.25) is 5.91 Å². The van der Waals surface area contributed by atoms with Crippen LogP contribution in [0, 0.1) is 17.3 Å². The molecule has 2 rings (SSSR count). The highest BCUT2D eigenvalue weighted by Crippen LogP contribution is 2.59. The number of hydrogen-bond acceptors (Lipinski definition) is 4. The van der Waals surface area contributed by atoms with Gasteiger partial charge in [0.05, 0.1) is 18.4 Å². The molecule has 0 spiro atoms. The third-order valence-electron chi connectivity index (χ3n) is 4.53. The number of carboxylic acids is 1. The quantitative estimate of drug-likeness (QED) is 0.801. The molecule has 1 heterocycles. The van der Waals surface area contributed by atoms with Crippen molar-refractivity contribution in [3.63, 3.8) is 0 Å². The predicted molar refractivity (Wildman–Crippen MR) is 77.7 cm³/mol. The van der Waals surface area contributed by atoms with Gasteiger partial charge in [0.1, 0.15) is 0 Å². The van der Waals surface area contributed by atoms with E-state index < -0.39 is 17.3 Å². The monoisotopic (exact) mass is 301 g/mol. The highest BCUT2D eigenvalue weighted by Gasteiger charge is 2.66. The maximum atomic E-state index is 12.7. The molecule has 6 heteroatoms. The van der Waals surface area contributed by atoms with Crippen LogP contribution < -0.4 is 0 Å². The van der Waals surface area contributed by atoms with Crippen molar-refractivity contribution >= 4 is 23.6 Å². The van der Waals surface area contributed by atoms with Gasteiger partial charge in [0, 0.05) is 25.4 Å². The lowest BCUT2D eigenvalue weighted by Crippen LogP contribution is -2.44. The van der Waals surface area contributed by atoms with Crippen molar-refractivity contribution in [1.82, 2.24) is 4.90 Å². The fraction of sp³-hybridized carbons (Fsp3) is 0.857. The van der Waals surface area contributed by atoms with Gasteiger partial charge in [0.15, 0.2) is 0 Å². The smallest absolute Gasteiger partial charge is 0.307 e. The Balaban J connectivity index is 2.08. The summed E-state index contributed by atoms with van der Waals surface area (Å²) in [7, 11) is 1.62. The van der Waals surface area contributed by atoms with Gasteiger partial charge in [-0.2, -0.15) is 11.8 Å². The fourth-order valence-electron chi connectivity index (χ4n) is 3.17. The molecule has 1 N–H and O–H groups in total. The zero-order valence-electron chi connectivity index (χ0n) is 12.3. The van der Waals surface area contributed by atoms with Crippen LogP contribution in [0.15, 0.2) is 0 Å². The SMILES string of the molecule is COCCN(C(=O)C1C(C(=O)O)C1(C)C)C1CCSC1. The summed E-state index contributed by atoms with van der Waals surface area (Å²) in [5.74, 6) is 0.211. The second-order valence-corrected chi connectivity index (χ2v) is 7.31. The van der Waals surface area contributed by atoms with E-state index in [1.165, 1.54) is 0 Å².